The smallest absolute Gasteiger partial charge is 0.343 e. The molecule has 158 valence electrons. The lowest BCUT2D eigenvalue weighted by Gasteiger charge is -2.31. The van der Waals surface area contributed by atoms with Crippen LogP contribution in [-0.4, -0.2) is 25.7 Å². The molecule has 3 aromatic rings. The number of hydrogen-bond donors (Lipinski definition) is 3. The van der Waals surface area contributed by atoms with Gasteiger partial charge in [0.05, 0.1) is 29.0 Å². The van der Waals surface area contributed by atoms with Gasteiger partial charge in [-0.05, 0) is 43.0 Å². The second-order valence-corrected chi connectivity index (χ2v) is 8.56. The third kappa shape index (κ3) is 2.18. The minimum Gasteiger partial charge on any atom is -0.508 e. The zero-order valence-corrected chi connectivity index (χ0v) is 16.9. The van der Waals surface area contributed by atoms with Crippen molar-refractivity contribution in [1.29, 1.82) is 0 Å². The summed E-state index contributed by atoms with van der Waals surface area (Å²) >= 11 is 0. The topological polar surface area (TPSA) is 128 Å². The van der Waals surface area contributed by atoms with Gasteiger partial charge >= 0.3 is 5.97 Å². The molecule has 4 heterocycles. The summed E-state index contributed by atoms with van der Waals surface area (Å²) in [4.78, 5) is 30.5. The van der Waals surface area contributed by atoms with Crippen LogP contribution in [0.15, 0.2) is 23.0 Å². The Balaban J connectivity index is 1.69. The van der Waals surface area contributed by atoms with Gasteiger partial charge in [-0.2, -0.15) is 0 Å². The largest absolute Gasteiger partial charge is 0.508 e. The van der Waals surface area contributed by atoms with Crippen LogP contribution in [0.1, 0.15) is 53.6 Å². The predicted octanol–water partition coefficient (Wildman–Crippen LogP) is 1.73. The van der Waals surface area contributed by atoms with Gasteiger partial charge in [0.25, 0.3) is 5.56 Å². The average molecular weight is 419 g/mol. The maximum atomic E-state index is 13.4. The van der Waals surface area contributed by atoms with Crippen LogP contribution < -0.4 is 11.3 Å². The number of benzene rings is 1. The number of aliphatic hydroxyl groups is 1. The Morgan fingerprint density at radius 3 is 2.87 bits per heavy atom. The fourth-order valence-electron chi connectivity index (χ4n) is 5.37. The summed E-state index contributed by atoms with van der Waals surface area (Å²) in [7, 11) is 0. The third-order valence-corrected chi connectivity index (χ3v) is 7.06. The van der Waals surface area contributed by atoms with E-state index in [1.54, 1.807) is 29.7 Å². The number of carbonyl (C=O) groups is 1. The highest BCUT2D eigenvalue weighted by Gasteiger charge is 2.45. The monoisotopic (exact) mass is 419 g/mol. The number of nitrogens with zero attached hydrogens (tertiary/aromatic N) is 2. The van der Waals surface area contributed by atoms with E-state index in [-0.39, 0.29) is 30.4 Å². The molecule has 2 atom stereocenters. The van der Waals surface area contributed by atoms with Crippen molar-refractivity contribution in [1.82, 2.24) is 9.55 Å². The second-order valence-electron chi connectivity index (χ2n) is 8.56. The summed E-state index contributed by atoms with van der Waals surface area (Å²) in [6, 6.07) is 4.87. The van der Waals surface area contributed by atoms with E-state index >= 15 is 0 Å². The Kier molecular flexibility index (Phi) is 3.54. The molecule has 3 aliphatic rings. The summed E-state index contributed by atoms with van der Waals surface area (Å²) in [6.07, 6.45) is 1.45. The van der Waals surface area contributed by atoms with E-state index in [2.05, 4.69) is 0 Å². The molecule has 31 heavy (non-hydrogen) atoms. The third-order valence-electron chi connectivity index (χ3n) is 7.06. The van der Waals surface area contributed by atoms with E-state index in [0.29, 0.717) is 47.4 Å². The van der Waals surface area contributed by atoms with E-state index in [1.165, 1.54) is 0 Å². The molecule has 2 aliphatic heterocycles. The van der Waals surface area contributed by atoms with Crippen LogP contribution in [0, 0.1) is 0 Å². The highest BCUT2D eigenvalue weighted by Crippen LogP contribution is 2.45. The van der Waals surface area contributed by atoms with Gasteiger partial charge in [0, 0.05) is 28.1 Å². The molecular weight excluding hydrogens is 398 g/mol. The van der Waals surface area contributed by atoms with Crippen molar-refractivity contribution in [3.05, 3.63) is 56.4 Å². The normalized spacial score (nSPS) is 23.3. The molecule has 0 radical (unpaired) electrons. The molecule has 1 aliphatic carbocycles. The molecule has 6 rings (SSSR count). The fraction of sp³-hybridized carbons (Fsp3) is 0.348. The van der Waals surface area contributed by atoms with E-state index in [1.807, 2.05) is 0 Å². The van der Waals surface area contributed by atoms with Gasteiger partial charge < -0.3 is 25.3 Å². The van der Waals surface area contributed by atoms with Gasteiger partial charge in [-0.25, -0.2) is 9.78 Å². The zero-order valence-electron chi connectivity index (χ0n) is 16.9. The SMILES string of the molecule is CC[C@@]1(O)C(=O)OCc2c1cc1n(c2=O)Cc2c-1nc1ccc(O)c3c1c2[C@H](N)CC3. The van der Waals surface area contributed by atoms with Crippen molar-refractivity contribution >= 4 is 16.9 Å². The van der Waals surface area contributed by atoms with Crippen molar-refractivity contribution in [3.8, 4) is 17.1 Å². The van der Waals surface area contributed by atoms with Crippen LogP contribution in [-0.2, 0) is 34.7 Å². The number of phenols is 1. The lowest BCUT2D eigenvalue weighted by atomic mass is 9.83. The number of aromatic nitrogens is 2. The van der Waals surface area contributed by atoms with Crippen LogP contribution in [0.5, 0.6) is 5.75 Å². The summed E-state index contributed by atoms with van der Waals surface area (Å²) in [5.74, 6) is -0.511. The number of carbonyl (C=O) groups excluding carboxylic acids is 1. The summed E-state index contributed by atoms with van der Waals surface area (Å²) in [5.41, 5.74) is 9.45. The summed E-state index contributed by atoms with van der Waals surface area (Å²) in [5, 5.41) is 22.2. The molecule has 0 spiro atoms. The molecule has 2 aromatic heterocycles. The number of pyridine rings is 2. The fourth-order valence-corrected chi connectivity index (χ4v) is 5.37. The highest BCUT2D eigenvalue weighted by molar-refractivity contribution is 5.93. The average Bonchev–Trinajstić information content (AvgIpc) is 3.13. The van der Waals surface area contributed by atoms with Crippen molar-refractivity contribution in [2.75, 3.05) is 0 Å². The number of aryl methyl sites for hydroxylation is 1. The predicted molar refractivity (Wildman–Crippen MR) is 111 cm³/mol. The van der Waals surface area contributed by atoms with E-state index < -0.39 is 11.6 Å². The van der Waals surface area contributed by atoms with Crippen molar-refractivity contribution in [2.45, 2.75) is 51.0 Å². The number of phenolic OH excluding ortho intramolecular Hbond substituents is 1. The minimum atomic E-state index is -1.86. The molecule has 0 fully saturated rings. The molecule has 1 aromatic carbocycles. The van der Waals surface area contributed by atoms with Crippen LogP contribution in [0.2, 0.25) is 0 Å². The Labute approximate surface area is 176 Å². The lowest BCUT2D eigenvalue weighted by molar-refractivity contribution is -0.172. The first-order valence-electron chi connectivity index (χ1n) is 10.4. The summed E-state index contributed by atoms with van der Waals surface area (Å²) in [6.45, 7) is 1.82. The second kappa shape index (κ2) is 5.93. The number of aromatic hydroxyl groups is 1. The molecule has 8 nitrogen and oxygen atoms in total. The van der Waals surface area contributed by atoms with Gasteiger partial charge in [0.1, 0.15) is 12.4 Å². The number of esters is 1. The first-order chi connectivity index (χ1) is 14.8. The summed E-state index contributed by atoms with van der Waals surface area (Å²) < 4.78 is 6.74. The van der Waals surface area contributed by atoms with Crippen molar-refractivity contribution < 1.29 is 19.7 Å². The molecule has 0 amide bonds. The molecule has 0 bridgehead atoms. The first kappa shape index (κ1) is 18.5. The molecule has 0 saturated heterocycles. The quantitative estimate of drug-likeness (QED) is 0.401. The molecular formula is C23H21N3O5. The molecule has 0 saturated carbocycles. The Bertz CT molecular complexity index is 1390. The maximum Gasteiger partial charge on any atom is 0.343 e. The number of fused-ring (bicyclic) bond motifs is 5. The first-order valence-corrected chi connectivity index (χ1v) is 10.4. The number of nitrogens with two attached hydrogens (primary N) is 1. The number of ether oxygens (including phenoxy) is 1. The van der Waals surface area contributed by atoms with Gasteiger partial charge in [-0.1, -0.05) is 6.92 Å². The number of hydrogen-bond acceptors (Lipinski definition) is 7. The zero-order chi connectivity index (χ0) is 21.7. The van der Waals surface area contributed by atoms with Crippen LogP contribution in [0.3, 0.4) is 0 Å². The Morgan fingerprint density at radius 1 is 1.29 bits per heavy atom. The van der Waals surface area contributed by atoms with Crippen LogP contribution in [0.25, 0.3) is 22.3 Å². The van der Waals surface area contributed by atoms with E-state index in [4.69, 9.17) is 15.5 Å². The standard InChI is InChI=1S/C23H21N3O5/c1-2-23(30)13-7-16-20-11(8-26(16)21(28)12(13)9-31-22(23)29)18-14(24)4-3-10-17(27)6-5-15(25-20)19(10)18/h5-7,14,27,30H,2-4,8-9,24H2,1H3/t14-,23+/m1/s1. The molecule has 8 heteroatoms. The Hall–Kier alpha value is -3.23. The molecule has 0 unspecified atom stereocenters. The molecule has 4 N–H and O–H groups in total. The Morgan fingerprint density at radius 2 is 2.10 bits per heavy atom. The number of rotatable bonds is 1. The van der Waals surface area contributed by atoms with Gasteiger partial charge in [-0.3, -0.25) is 4.79 Å². The van der Waals surface area contributed by atoms with Gasteiger partial charge in [-0.15, -0.1) is 0 Å². The van der Waals surface area contributed by atoms with Crippen LogP contribution in [0.4, 0.5) is 0 Å². The minimum absolute atomic E-state index is 0.0957. The van der Waals surface area contributed by atoms with Gasteiger partial charge in [0.15, 0.2) is 5.60 Å². The highest BCUT2D eigenvalue weighted by atomic mass is 16.6. The maximum absolute atomic E-state index is 13.4. The van der Waals surface area contributed by atoms with E-state index in [9.17, 15) is 19.8 Å². The van der Waals surface area contributed by atoms with Crippen molar-refractivity contribution in [2.24, 2.45) is 5.73 Å². The van der Waals surface area contributed by atoms with Crippen molar-refractivity contribution in [3.63, 3.8) is 0 Å². The van der Waals surface area contributed by atoms with Gasteiger partial charge in [0.2, 0.25) is 0 Å². The van der Waals surface area contributed by atoms with E-state index in [0.717, 1.165) is 22.1 Å². The lowest BCUT2D eigenvalue weighted by Crippen LogP contribution is -2.44. The number of cyclic esters (lactones) is 1. The van der Waals surface area contributed by atoms with Crippen LogP contribution >= 0.6 is 0 Å².